The molecule has 0 atom stereocenters. The Balaban J connectivity index is 1.62. The lowest BCUT2D eigenvalue weighted by Gasteiger charge is -2.25. The summed E-state index contributed by atoms with van der Waals surface area (Å²) in [6.07, 6.45) is 9.26. The van der Waals surface area contributed by atoms with Crippen molar-refractivity contribution in [1.82, 2.24) is 0 Å². The summed E-state index contributed by atoms with van der Waals surface area (Å²) < 4.78 is 0. The highest BCUT2D eigenvalue weighted by Gasteiger charge is 2.24. The van der Waals surface area contributed by atoms with Gasteiger partial charge in [0.05, 0.1) is 0 Å². The summed E-state index contributed by atoms with van der Waals surface area (Å²) in [5, 5.41) is 0.543. The molecule has 148 valence electrons. The Morgan fingerprint density at radius 3 is 1.48 bits per heavy atom. The maximum atomic E-state index is 12.8. The lowest BCUT2D eigenvalue weighted by atomic mass is 9.83. The predicted octanol–water partition coefficient (Wildman–Crippen LogP) is 6.74. The summed E-state index contributed by atoms with van der Waals surface area (Å²) in [6.45, 7) is 1.96. The van der Waals surface area contributed by atoms with Crippen molar-refractivity contribution in [3.63, 3.8) is 0 Å². The fourth-order valence-corrected chi connectivity index (χ4v) is 5.02. The average Bonchev–Trinajstić information content (AvgIpc) is 2.65. The van der Waals surface area contributed by atoms with E-state index in [4.69, 9.17) is 23.2 Å². The van der Waals surface area contributed by atoms with E-state index in [9.17, 15) is 9.59 Å². The summed E-state index contributed by atoms with van der Waals surface area (Å²) in [5.41, 5.74) is 2.37. The van der Waals surface area contributed by atoms with Crippen LogP contribution in [0.2, 0.25) is 0 Å². The average molecular weight is 409 g/mol. The topological polar surface area (TPSA) is 34.1 Å². The van der Waals surface area contributed by atoms with Crippen LogP contribution in [0.1, 0.15) is 90.5 Å². The molecule has 27 heavy (non-hydrogen) atoms. The maximum absolute atomic E-state index is 12.8. The van der Waals surface area contributed by atoms with E-state index >= 15 is 0 Å². The summed E-state index contributed by atoms with van der Waals surface area (Å²) in [7, 11) is 0. The highest BCUT2D eigenvalue weighted by molar-refractivity contribution is 6.20. The van der Waals surface area contributed by atoms with Gasteiger partial charge in [-0.15, -0.1) is 23.2 Å². The van der Waals surface area contributed by atoms with Crippen molar-refractivity contribution in [2.24, 2.45) is 11.8 Å². The highest BCUT2D eigenvalue weighted by Crippen LogP contribution is 2.32. The number of benzene rings is 1. The van der Waals surface area contributed by atoms with E-state index in [2.05, 4.69) is 0 Å². The molecule has 0 unspecified atom stereocenters. The standard InChI is InChI=1S/C23H30Cl2O2/c1-15-10-18(22(26)12-16-2-6-20(24)7-3-16)14-19(11-15)23(27)13-17-4-8-21(25)9-5-17/h10-11,14,16-17,20-21H,2-9,12-13H2,1H3. The van der Waals surface area contributed by atoms with Crippen molar-refractivity contribution in [3.8, 4) is 0 Å². The number of hydrogen-bond donors (Lipinski definition) is 0. The van der Waals surface area contributed by atoms with E-state index in [1.54, 1.807) is 0 Å². The minimum absolute atomic E-state index is 0.161. The zero-order valence-corrected chi connectivity index (χ0v) is 17.7. The summed E-state index contributed by atoms with van der Waals surface area (Å²) in [5.74, 6) is 1.18. The van der Waals surface area contributed by atoms with Gasteiger partial charge in [-0.1, -0.05) is 0 Å². The Kier molecular flexibility index (Phi) is 7.39. The monoisotopic (exact) mass is 408 g/mol. The first-order chi connectivity index (χ1) is 12.9. The zero-order valence-electron chi connectivity index (χ0n) is 16.2. The molecule has 0 spiro atoms. The van der Waals surface area contributed by atoms with Crippen molar-refractivity contribution in [1.29, 1.82) is 0 Å². The lowest BCUT2D eigenvalue weighted by molar-refractivity contribution is 0.0949. The quantitative estimate of drug-likeness (QED) is 0.385. The Morgan fingerprint density at radius 1 is 0.741 bits per heavy atom. The third-order valence-corrected chi connectivity index (χ3v) is 7.09. The maximum Gasteiger partial charge on any atom is 0.163 e. The van der Waals surface area contributed by atoms with E-state index in [0.717, 1.165) is 56.9 Å². The molecular weight excluding hydrogens is 379 g/mol. The third kappa shape index (κ3) is 6.06. The van der Waals surface area contributed by atoms with Gasteiger partial charge >= 0.3 is 0 Å². The van der Waals surface area contributed by atoms with E-state index in [-0.39, 0.29) is 22.3 Å². The number of hydrogen-bond acceptors (Lipinski definition) is 2. The van der Waals surface area contributed by atoms with Crippen molar-refractivity contribution in [3.05, 3.63) is 34.9 Å². The second-order valence-electron chi connectivity index (χ2n) is 8.58. The van der Waals surface area contributed by atoms with Crippen molar-refractivity contribution in [2.45, 2.75) is 81.9 Å². The van der Waals surface area contributed by atoms with Crippen molar-refractivity contribution < 1.29 is 9.59 Å². The molecular formula is C23H30Cl2O2. The molecule has 1 aromatic rings. The zero-order chi connectivity index (χ0) is 19.4. The number of halogens is 2. The van der Waals surface area contributed by atoms with Gasteiger partial charge in [-0.25, -0.2) is 0 Å². The van der Waals surface area contributed by atoms with E-state index in [1.807, 2.05) is 25.1 Å². The van der Waals surface area contributed by atoms with Crippen LogP contribution in [0.5, 0.6) is 0 Å². The minimum atomic E-state index is 0.161. The number of alkyl halides is 2. The minimum Gasteiger partial charge on any atom is -0.294 e. The van der Waals surface area contributed by atoms with E-state index in [1.165, 1.54) is 0 Å². The van der Waals surface area contributed by atoms with E-state index < -0.39 is 0 Å². The summed E-state index contributed by atoms with van der Waals surface area (Å²) in [4.78, 5) is 25.6. The number of carbonyl (C=O) groups is 2. The van der Waals surface area contributed by atoms with Crippen LogP contribution in [0.4, 0.5) is 0 Å². The first-order valence-corrected chi connectivity index (χ1v) is 11.2. The van der Waals surface area contributed by atoms with Crippen LogP contribution in [-0.2, 0) is 0 Å². The highest BCUT2D eigenvalue weighted by atomic mass is 35.5. The van der Waals surface area contributed by atoms with Gasteiger partial charge in [0.2, 0.25) is 0 Å². The molecule has 0 heterocycles. The number of ketones is 2. The van der Waals surface area contributed by atoms with Gasteiger partial charge in [0.1, 0.15) is 0 Å². The van der Waals surface area contributed by atoms with Crippen LogP contribution in [0.25, 0.3) is 0 Å². The molecule has 3 rings (SSSR count). The van der Waals surface area contributed by atoms with Gasteiger partial charge in [-0.05, 0) is 93.9 Å². The molecule has 1 aromatic carbocycles. The molecule has 0 N–H and O–H groups in total. The van der Waals surface area contributed by atoms with Crippen LogP contribution in [0, 0.1) is 18.8 Å². The molecule has 2 aliphatic rings. The van der Waals surface area contributed by atoms with Crippen LogP contribution in [0.3, 0.4) is 0 Å². The summed E-state index contributed by atoms with van der Waals surface area (Å²) >= 11 is 12.3. The Bertz CT molecular complexity index is 615. The SMILES string of the molecule is Cc1cc(C(=O)CC2CCC(Cl)CC2)cc(C(=O)CC2CCC(Cl)CC2)c1. The Morgan fingerprint density at radius 2 is 1.11 bits per heavy atom. The van der Waals surface area contributed by atoms with Gasteiger partial charge in [-0.3, -0.25) is 9.59 Å². The third-order valence-electron chi connectivity index (χ3n) is 6.22. The first kappa shape index (κ1) is 20.9. The molecule has 0 aliphatic heterocycles. The molecule has 2 saturated carbocycles. The molecule has 0 radical (unpaired) electrons. The fourth-order valence-electron chi connectivity index (χ4n) is 4.52. The van der Waals surface area contributed by atoms with Gasteiger partial charge in [0.15, 0.2) is 11.6 Å². The second kappa shape index (κ2) is 9.56. The van der Waals surface area contributed by atoms with Gasteiger partial charge < -0.3 is 0 Å². The largest absolute Gasteiger partial charge is 0.294 e. The normalized spacial score (nSPS) is 28.7. The number of Topliss-reactive ketones (excluding diaryl/α,β-unsaturated/α-hetero) is 2. The molecule has 0 bridgehead atoms. The molecule has 0 aromatic heterocycles. The smallest absolute Gasteiger partial charge is 0.163 e. The second-order valence-corrected chi connectivity index (χ2v) is 9.81. The molecule has 0 saturated heterocycles. The van der Waals surface area contributed by atoms with Crippen molar-refractivity contribution in [2.75, 3.05) is 0 Å². The molecule has 2 aliphatic carbocycles. The van der Waals surface area contributed by atoms with Gasteiger partial charge in [0.25, 0.3) is 0 Å². The van der Waals surface area contributed by atoms with Crippen LogP contribution >= 0.6 is 23.2 Å². The summed E-state index contributed by atoms with van der Waals surface area (Å²) in [6, 6.07) is 5.66. The van der Waals surface area contributed by atoms with Crippen LogP contribution in [0.15, 0.2) is 18.2 Å². The number of rotatable bonds is 6. The number of carbonyl (C=O) groups excluding carboxylic acids is 2. The molecule has 2 nitrogen and oxygen atoms in total. The number of aryl methyl sites for hydroxylation is 1. The van der Waals surface area contributed by atoms with Crippen LogP contribution < -0.4 is 0 Å². The van der Waals surface area contributed by atoms with Crippen molar-refractivity contribution >= 4 is 34.8 Å². The van der Waals surface area contributed by atoms with E-state index in [0.29, 0.717) is 35.8 Å². The van der Waals surface area contributed by atoms with Crippen LogP contribution in [-0.4, -0.2) is 22.3 Å². The molecule has 0 amide bonds. The molecule has 2 fully saturated rings. The Labute approximate surface area is 173 Å². The predicted molar refractivity (Wildman–Crippen MR) is 112 cm³/mol. The van der Waals surface area contributed by atoms with Gasteiger partial charge in [-0.2, -0.15) is 0 Å². The first-order valence-electron chi connectivity index (χ1n) is 10.4. The fraction of sp³-hybridized carbons (Fsp3) is 0.652. The molecule has 4 heteroatoms. The van der Waals surface area contributed by atoms with Gasteiger partial charge in [0, 0.05) is 34.7 Å². The lowest BCUT2D eigenvalue weighted by Crippen LogP contribution is -2.19. The Hall–Kier alpha value is -0.860.